The summed E-state index contributed by atoms with van der Waals surface area (Å²) >= 11 is 0. The number of carbonyl (C=O) groups excluding carboxylic acids is 1. The molecule has 0 rings (SSSR count). The van der Waals surface area contributed by atoms with E-state index < -0.39 is 6.03 Å². The van der Waals surface area contributed by atoms with Crippen LogP contribution >= 0.6 is 0 Å². The van der Waals surface area contributed by atoms with E-state index in [-0.39, 0.29) is 0 Å². The molecular weight excluding hydrogens is 92.1 g/mol. The zero-order chi connectivity index (χ0) is 5.86. The summed E-state index contributed by atoms with van der Waals surface area (Å²) in [5.74, 6) is 0. The van der Waals surface area contributed by atoms with Crippen molar-refractivity contribution in [2.45, 2.75) is 6.92 Å². The molecule has 0 spiro atoms. The van der Waals surface area contributed by atoms with Crippen molar-refractivity contribution in [2.24, 2.45) is 5.73 Å². The Labute approximate surface area is 42.2 Å². The Hall–Kier alpha value is -0.990. The fraction of sp³-hybridized carbons (Fsp3) is 0.250. The molecule has 0 atom stereocenters. The summed E-state index contributed by atoms with van der Waals surface area (Å²) in [6.07, 6.45) is 0. The average Bonchev–Trinajstić information content (AvgIpc) is 1.27. The molecule has 0 aliphatic heterocycles. The van der Waals surface area contributed by atoms with Gasteiger partial charge in [-0.15, -0.1) is 0 Å². The standard InChI is InChI=1S/C4H8N2O/c1-3(2)6-4(5)7/h1H2,2H3,(H3,5,6,7). The summed E-state index contributed by atoms with van der Waals surface area (Å²) in [5.41, 5.74) is 5.24. The van der Waals surface area contributed by atoms with E-state index in [1.807, 2.05) is 0 Å². The maximum Gasteiger partial charge on any atom is 0.316 e. The van der Waals surface area contributed by atoms with Crippen LogP contribution in [0.1, 0.15) is 6.92 Å². The molecule has 3 heteroatoms. The Morgan fingerprint density at radius 2 is 2.29 bits per heavy atom. The highest BCUT2D eigenvalue weighted by atomic mass is 16.2. The second kappa shape index (κ2) is 2.23. The number of hydrogen-bond donors (Lipinski definition) is 2. The van der Waals surface area contributed by atoms with Crippen LogP contribution in [0.3, 0.4) is 0 Å². The molecule has 0 bridgehead atoms. The quantitative estimate of drug-likeness (QED) is 0.485. The van der Waals surface area contributed by atoms with Gasteiger partial charge < -0.3 is 11.1 Å². The monoisotopic (exact) mass is 100 g/mol. The molecule has 7 heavy (non-hydrogen) atoms. The Bertz CT molecular complexity index is 85.9. The van der Waals surface area contributed by atoms with Crippen molar-refractivity contribution in [3.05, 3.63) is 12.3 Å². The van der Waals surface area contributed by atoms with Gasteiger partial charge in [0, 0.05) is 5.70 Å². The van der Waals surface area contributed by atoms with E-state index in [1.54, 1.807) is 6.92 Å². The minimum Gasteiger partial charge on any atom is -0.351 e. The summed E-state index contributed by atoms with van der Waals surface area (Å²) in [5, 5.41) is 2.25. The third-order valence-electron chi connectivity index (χ3n) is 0.337. The molecule has 0 fully saturated rings. The SMILES string of the molecule is C=C(C)NC(N)=O. The third kappa shape index (κ3) is 5.01. The third-order valence-corrected chi connectivity index (χ3v) is 0.337. The number of rotatable bonds is 1. The number of carbonyl (C=O) groups is 1. The first kappa shape index (κ1) is 6.01. The molecule has 0 heterocycles. The number of allylic oxidation sites excluding steroid dienone is 1. The molecular formula is C4H8N2O. The second-order valence-corrected chi connectivity index (χ2v) is 1.27. The van der Waals surface area contributed by atoms with E-state index in [0.717, 1.165) is 0 Å². The predicted molar refractivity (Wildman–Crippen MR) is 27.5 cm³/mol. The van der Waals surface area contributed by atoms with Crippen LogP contribution < -0.4 is 11.1 Å². The highest BCUT2D eigenvalue weighted by Gasteiger charge is 1.85. The van der Waals surface area contributed by atoms with E-state index in [4.69, 9.17) is 0 Å². The molecule has 3 nitrogen and oxygen atoms in total. The summed E-state index contributed by atoms with van der Waals surface area (Å²) in [7, 11) is 0. The largest absolute Gasteiger partial charge is 0.351 e. The number of nitrogens with two attached hydrogens (primary N) is 1. The smallest absolute Gasteiger partial charge is 0.316 e. The Kier molecular flexibility index (Phi) is 1.91. The molecule has 0 aliphatic carbocycles. The number of urea groups is 1. The molecule has 0 saturated heterocycles. The van der Waals surface area contributed by atoms with Gasteiger partial charge in [-0.25, -0.2) is 4.79 Å². The van der Waals surface area contributed by atoms with E-state index in [9.17, 15) is 4.79 Å². The zero-order valence-corrected chi connectivity index (χ0v) is 4.19. The number of primary amides is 1. The van der Waals surface area contributed by atoms with Gasteiger partial charge in [0.15, 0.2) is 0 Å². The second-order valence-electron chi connectivity index (χ2n) is 1.27. The molecule has 2 amide bonds. The van der Waals surface area contributed by atoms with E-state index >= 15 is 0 Å². The zero-order valence-electron chi connectivity index (χ0n) is 4.19. The Balaban J connectivity index is 3.32. The van der Waals surface area contributed by atoms with Crippen LogP contribution in [0.15, 0.2) is 12.3 Å². The molecule has 40 valence electrons. The van der Waals surface area contributed by atoms with Crippen molar-refractivity contribution < 1.29 is 4.79 Å². The highest BCUT2D eigenvalue weighted by molar-refractivity contribution is 5.73. The van der Waals surface area contributed by atoms with Gasteiger partial charge >= 0.3 is 6.03 Å². The number of nitrogens with one attached hydrogen (secondary N) is 1. The Morgan fingerprint density at radius 1 is 1.86 bits per heavy atom. The molecule has 0 saturated carbocycles. The van der Waals surface area contributed by atoms with Crippen LogP contribution in [0, 0.1) is 0 Å². The lowest BCUT2D eigenvalue weighted by molar-refractivity contribution is 0.251. The van der Waals surface area contributed by atoms with Gasteiger partial charge in [0.05, 0.1) is 0 Å². The van der Waals surface area contributed by atoms with Crippen LogP contribution in [0.4, 0.5) is 4.79 Å². The highest BCUT2D eigenvalue weighted by Crippen LogP contribution is 1.73. The van der Waals surface area contributed by atoms with Gasteiger partial charge in [0.2, 0.25) is 0 Å². The van der Waals surface area contributed by atoms with Crippen LogP contribution in [0.2, 0.25) is 0 Å². The maximum atomic E-state index is 9.86. The molecule has 3 N–H and O–H groups in total. The number of amides is 2. The summed E-state index contributed by atoms with van der Waals surface area (Å²) in [6, 6.07) is -0.562. The molecule has 0 unspecified atom stereocenters. The van der Waals surface area contributed by atoms with Crippen molar-refractivity contribution in [1.29, 1.82) is 0 Å². The fourth-order valence-electron chi connectivity index (χ4n) is 0.210. The molecule has 0 radical (unpaired) electrons. The van der Waals surface area contributed by atoms with Gasteiger partial charge in [-0.05, 0) is 6.92 Å². The predicted octanol–water partition coefficient (Wildman–Crippen LogP) is 0.188. The lowest BCUT2D eigenvalue weighted by Crippen LogP contribution is -2.26. The van der Waals surface area contributed by atoms with Crippen LogP contribution in [0.5, 0.6) is 0 Å². The van der Waals surface area contributed by atoms with Gasteiger partial charge in [0.25, 0.3) is 0 Å². The van der Waals surface area contributed by atoms with Crippen LogP contribution in [0.25, 0.3) is 0 Å². The van der Waals surface area contributed by atoms with Crippen molar-refractivity contribution in [3.8, 4) is 0 Å². The minimum atomic E-state index is -0.562. The average molecular weight is 100 g/mol. The fourth-order valence-corrected chi connectivity index (χ4v) is 0.210. The molecule has 0 aromatic heterocycles. The molecule has 0 aliphatic rings. The van der Waals surface area contributed by atoms with E-state index in [1.165, 1.54) is 0 Å². The van der Waals surface area contributed by atoms with Gasteiger partial charge in [-0.2, -0.15) is 0 Å². The van der Waals surface area contributed by atoms with Crippen LogP contribution in [-0.2, 0) is 0 Å². The lowest BCUT2D eigenvalue weighted by atomic mass is 10.6. The summed E-state index contributed by atoms with van der Waals surface area (Å²) in [4.78, 5) is 9.86. The van der Waals surface area contributed by atoms with Crippen molar-refractivity contribution in [2.75, 3.05) is 0 Å². The van der Waals surface area contributed by atoms with Crippen molar-refractivity contribution in [1.82, 2.24) is 5.32 Å². The summed E-state index contributed by atoms with van der Waals surface area (Å²) < 4.78 is 0. The van der Waals surface area contributed by atoms with Crippen molar-refractivity contribution in [3.63, 3.8) is 0 Å². The minimum absolute atomic E-state index is 0.562. The first-order chi connectivity index (χ1) is 3.13. The first-order valence-corrected chi connectivity index (χ1v) is 1.85. The first-order valence-electron chi connectivity index (χ1n) is 1.85. The van der Waals surface area contributed by atoms with E-state index in [0.29, 0.717) is 5.70 Å². The summed E-state index contributed by atoms with van der Waals surface area (Å²) in [6.45, 7) is 5.04. The van der Waals surface area contributed by atoms with Crippen LogP contribution in [-0.4, -0.2) is 6.03 Å². The maximum absolute atomic E-state index is 9.86. The molecule has 0 aromatic rings. The number of hydrogen-bond acceptors (Lipinski definition) is 1. The van der Waals surface area contributed by atoms with Gasteiger partial charge in [-0.1, -0.05) is 6.58 Å². The Morgan fingerprint density at radius 3 is 2.29 bits per heavy atom. The van der Waals surface area contributed by atoms with Gasteiger partial charge in [-0.3, -0.25) is 0 Å². The van der Waals surface area contributed by atoms with Crippen molar-refractivity contribution >= 4 is 6.03 Å². The van der Waals surface area contributed by atoms with E-state index in [2.05, 4.69) is 17.6 Å². The molecule has 0 aromatic carbocycles. The normalized spacial score (nSPS) is 7.57. The lowest BCUT2D eigenvalue weighted by Gasteiger charge is -1.93. The van der Waals surface area contributed by atoms with Gasteiger partial charge in [0.1, 0.15) is 0 Å². The topological polar surface area (TPSA) is 55.1 Å².